The van der Waals surface area contributed by atoms with Crippen LogP contribution in [0.5, 0.6) is 0 Å². The highest BCUT2D eigenvalue weighted by molar-refractivity contribution is 5.87. The summed E-state index contributed by atoms with van der Waals surface area (Å²) >= 11 is 0. The molecule has 0 bridgehead atoms. The highest BCUT2D eigenvalue weighted by atomic mass is 35.5. The van der Waals surface area contributed by atoms with E-state index in [9.17, 15) is 14.0 Å². The summed E-state index contributed by atoms with van der Waals surface area (Å²) in [7, 11) is 0. The third-order valence-corrected chi connectivity index (χ3v) is 3.75. The standard InChI is InChI=1S/C12H16FNO4.ClH.H2/c1-3-17-10(15)8-7-6(13)5-12(14,9(7)8)11(16)18-4-2;;/h3,6-9H,1,4-5,14H2,2H3;2*1H/t6-,7+,8+,9+,12+;;/m1../s1. The van der Waals surface area contributed by atoms with Gasteiger partial charge in [-0.3, -0.25) is 9.59 Å². The molecular formula is C12H19ClFNO4. The van der Waals surface area contributed by atoms with E-state index in [-0.39, 0.29) is 26.9 Å². The largest absolute Gasteiger partial charge is 0.465 e. The summed E-state index contributed by atoms with van der Waals surface area (Å²) in [6, 6.07) is 0. The quantitative estimate of drug-likeness (QED) is 0.623. The lowest BCUT2D eigenvalue weighted by atomic mass is 9.91. The average molecular weight is 296 g/mol. The van der Waals surface area contributed by atoms with E-state index < -0.39 is 41.4 Å². The molecule has 0 amide bonds. The molecule has 0 aromatic carbocycles. The Morgan fingerprint density at radius 3 is 2.79 bits per heavy atom. The number of rotatable bonds is 4. The third-order valence-electron chi connectivity index (χ3n) is 3.75. The van der Waals surface area contributed by atoms with Gasteiger partial charge in [-0.15, -0.1) is 12.4 Å². The molecule has 0 radical (unpaired) electrons. The summed E-state index contributed by atoms with van der Waals surface area (Å²) in [5.41, 5.74) is 4.53. The van der Waals surface area contributed by atoms with Crippen LogP contribution in [0.1, 0.15) is 14.8 Å². The number of hydrogen-bond acceptors (Lipinski definition) is 5. The molecule has 2 N–H and O–H groups in total. The first-order valence-corrected chi connectivity index (χ1v) is 5.89. The van der Waals surface area contributed by atoms with Crippen LogP contribution in [-0.4, -0.2) is 30.3 Å². The summed E-state index contributed by atoms with van der Waals surface area (Å²) in [4.78, 5) is 23.4. The molecule has 0 spiro atoms. The molecular weight excluding hydrogens is 277 g/mol. The van der Waals surface area contributed by atoms with Crippen LogP contribution >= 0.6 is 12.4 Å². The first-order valence-electron chi connectivity index (χ1n) is 5.89. The number of carbonyl (C=O) groups excluding carboxylic acids is 2. The van der Waals surface area contributed by atoms with Crippen molar-refractivity contribution in [3.05, 3.63) is 12.8 Å². The van der Waals surface area contributed by atoms with Gasteiger partial charge in [0.2, 0.25) is 0 Å². The summed E-state index contributed by atoms with van der Waals surface area (Å²) in [6.07, 6.45) is -0.377. The molecule has 0 heterocycles. The molecule has 5 nitrogen and oxygen atoms in total. The van der Waals surface area contributed by atoms with Crippen molar-refractivity contribution in [3.63, 3.8) is 0 Å². The molecule has 19 heavy (non-hydrogen) atoms. The first kappa shape index (κ1) is 15.9. The van der Waals surface area contributed by atoms with Gasteiger partial charge in [-0.2, -0.15) is 0 Å². The minimum Gasteiger partial charge on any atom is -0.465 e. The lowest BCUT2D eigenvalue weighted by Gasteiger charge is -2.24. The fourth-order valence-electron chi connectivity index (χ4n) is 2.99. The van der Waals surface area contributed by atoms with Crippen LogP contribution < -0.4 is 5.73 Å². The van der Waals surface area contributed by atoms with Gasteiger partial charge in [-0.1, -0.05) is 6.58 Å². The van der Waals surface area contributed by atoms with Crippen molar-refractivity contribution in [1.82, 2.24) is 0 Å². The van der Waals surface area contributed by atoms with Crippen molar-refractivity contribution < 1.29 is 24.9 Å². The Balaban J connectivity index is 0.00000180. The second-order valence-electron chi connectivity index (χ2n) is 4.71. The Kier molecular flexibility index (Phi) is 4.58. The second kappa shape index (κ2) is 5.46. The van der Waals surface area contributed by atoms with Gasteiger partial charge in [0.25, 0.3) is 0 Å². The lowest BCUT2D eigenvalue weighted by Crippen LogP contribution is -2.51. The van der Waals surface area contributed by atoms with Crippen molar-refractivity contribution in [2.24, 2.45) is 23.5 Å². The number of esters is 2. The molecule has 5 atom stereocenters. The fourth-order valence-corrected chi connectivity index (χ4v) is 2.99. The Morgan fingerprint density at radius 2 is 2.26 bits per heavy atom. The highest BCUT2D eigenvalue weighted by Crippen LogP contribution is 2.63. The maximum atomic E-state index is 13.8. The number of ether oxygens (including phenoxy) is 2. The van der Waals surface area contributed by atoms with Gasteiger partial charge in [0.05, 0.1) is 18.8 Å². The average Bonchev–Trinajstić information content (AvgIpc) is 2.99. The summed E-state index contributed by atoms with van der Waals surface area (Å²) in [5, 5.41) is 0. The molecule has 0 unspecified atom stereocenters. The highest BCUT2D eigenvalue weighted by Gasteiger charge is 2.75. The number of hydrogen-bond donors (Lipinski definition) is 1. The molecule has 7 heteroatoms. The van der Waals surface area contributed by atoms with Crippen molar-refractivity contribution in [2.75, 3.05) is 6.61 Å². The van der Waals surface area contributed by atoms with Crippen LogP contribution in [0.15, 0.2) is 12.8 Å². The van der Waals surface area contributed by atoms with E-state index in [0.717, 1.165) is 6.26 Å². The molecule has 0 saturated heterocycles. The van der Waals surface area contributed by atoms with Gasteiger partial charge in [-0.25, -0.2) is 4.39 Å². The monoisotopic (exact) mass is 295 g/mol. The predicted molar refractivity (Wildman–Crippen MR) is 69.2 cm³/mol. The van der Waals surface area contributed by atoms with Crippen molar-refractivity contribution in [3.8, 4) is 0 Å². The van der Waals surface area contributed by atoms with Crippen molar-refractivity contribution in [2.45, 2.75) is 25.1 Å². The summed E-state index contributed by atoms with van der Waals surface area (Å²) < 4.78 is 23.3. The SMILES string of the molecule is C=COC(=O)[C@H]1[C@H]2[C@@H]1[C@](N)(C(=O)OCC)C[C@H]2F.Cl.[HH]. The molecule has 110 valence electrons. The maximum Gasteiger partial charge on any atom is 0.326 e. The van der Waals surface area contributed by atoms with Gasteiger partial charge in [0.15, 0.2) is 0 Å². The maximum absolute atomic E-state index is 13.8. The Morgan fingerprint density at radius 1 is 1.63 bits per heavy atom. The second-order valence-corrected chi connectivity index (χ2v) is 4.71. The normalized spacial score (nSPS) is 38.7. The van der Waals surface area contributed by atoms with Gasteiger partial charge in [0, 0.05) is 19.7 Å². The molecule has 2 fully saturated rings. The zero-order valence-electron chi connectivity index (χ0n) is 10.5. The zero-order chi connectivity index (χ0) is 13.5. The molecule has 0 aromatic heterocycles. The number of halogens is 2. The lowest BCUT2D eigenvalue weighted by molar-refractivity contribution is -0.151. The molecule has 2 aliphatic rings. The molecule has 0 aromatic rings. The summed E-state index contributed by atoms with van der Waals surface area (Å²) in [5.74, 6) is -2.96. The van der Waals surface area contributed by atoms with Crippen molar-refractivity contribution >= 4 is 24.3 Å². The van der Waals surface area contributed by atoms with E-state index in [1.54, 1.807) is 6.92 Å². The zero-order valence-corrected chi connectivity index (χ0v) is 11.3. The molecule has 0 aliphatic heterocycles. The van der Waals surface area contributed by atoms with E-state index in [2.05, 4.69) is 11.3 Å². The smallest absolute Gasteiger partial charge is 0.326 e. The Hall–Kier alpha value is -1.14. The van der Waals surface area contributed by atoms with E-state index in [1.165, 1.54) is 0 Å². The Labute approximate surface area is 118 Å². The van der Waals surface area contributed by atoms with Crippen LogP contribution in [0.25, 0.3) is 0 Å². The predicted octanol–water partition coefficient (Wildman–Crippen LogP) is 1.21. The fraction of sp³-hybridized carbons (Fsp3) is 0.667. The first-order chi connectivity index (χ1) is 8.47. The molecule has 2 saturated carbocycles. The number of carbonyl (C=O) groups is 2. The topological polar surface area (TPSA) is 78.6 Å². The van der Waals surface area contributed by atoms with E-state index in [4.69, 9.17) is 10.5 Å². The van der Waals surface area contributed by atoms with Crippen LogP contribution in [0.3, 0.4) is 0 Å². The van der Waals surface area contributed by atoms with Crippen LogP contribution in [0, 0.1) is 17.8 Å². The number of nitrogens with two attached hydrogens (primary N) is 1. The van der Waals surface area contributed by atoms with E-state index >= 15 is 0 Å². The van der Waals surface area contributed by atoms with Crippen LogP contribution in [0.4, 0.5) is 4.39 Å². The van der Waals surface area contributed by atoms with Crippen LogP contribution in [0.2, 0.25) is 0 Å². The molecule has 2 rings (SSSR count). The Bertz CT molecular complexity index is 411. The van der Waals surface area contributed by atoms with Gasteiger partial charge in [0.1, 0.15) is 11.7 Å². The van der Waals surface area contributed by atoms with E-state index in [0.29, 0.717) is 0 Å². The summed E-state index contributed by atoms with van der Waals surface area (Å²) in [6.45, 7) is 5.09. The van der Waals surface area contributed by atoms with Crippen LogP contribution in [-0.2, 0) is 19.1 Å². The molecule has 2 aliphatic carbocycles. The van der Waals surface area contributed by atoms with Gasteiger partial charge >= 0.3 is 11.9 Å². The number of alkyl halides is 1. The minimum absolute atomic E-state index is 0. The third kappa shape index (κ3) is 2.34. The number of fused-ring (bicyclic) bond motifs is 1. The minimum atomic E-state index is -1.41. The van der Waals surface area contributed by atoms with Crippen molar-refractivity contribution in [1.29, 1.82) is 0 Å². The van der Waals surface area contributed by atoms with Gasteiger partial charge in [-0.05, 0) is 6.92 Å². The van der Waals surface area contributed by atoms with E-state index in [1.807, 2.05) is 0 Å². The van der Waals surface area contributed by atoms with Gasteiger partial charge < -0.3 is 15.2 Å².